The molecule has 27 heavy (non-hydrogen) atoms. The van der Waals surface area contributed by atoms with Crippen molar-refractivity contribution < 1.29 is 14.3 Å². The Morgan fingerprint density at radius 2 is 2.04 bits per heavy atom. The molecule has 3 atom stereocenters. The smallest absolute Gasteiger partial charge is 0.322 e. The number of hydrogen-bond acceptors (Lipinski definition) is 4. The van der Waals surface area contributed by atoms with Gasteiger partial charge in [-0.2, -0.15) is 0 Å². The number of rotatable bonds is 2. The van der Waals surface area contributed by atoms with Crippen LogP contribution in [0.3, 0.4) is 0 Å². The molecular formula is C21H31N3O3. The van der Waals surface area contributed by atoms with E-state index in [1.54, 1.807) is 0 Å². The standard InChI is InChI=1S/C21H31N3O3/c1-15-12-18(23-9-4-5-10-23)6-7-19(15)22-20(25)24-13-16(2)27-21(14-24)8-11-26-17(21)3/h6-7,12,16-17H,4-5,8-11,13-14H2,1-3H3,(H,22,25). The number of amides is 2. The summed E-state index contributed by atoms with van der Waals surface area (Å²) in [6, 6.07) is 6.27. The molecule has 6 heteroatoms. The topological polar surface area (TPSA) is 54.0 Å². The first-order chi connectivity index (χ1) is 13.0. The first-order valence-electron chi connectivity index (χ1n) is 10.2. The predicted molar refractivity (Wildman–Crippen MR) is 107 cm³/mol. The summed E-state index contributed by atoms with van der Waals surface area (Å²) in [6.07, 6.45) is 3.38. The summed E-state index contributed by atoms with van der Waals surface area (Å²) in [6.45, 7) is 10.3. The van der Waals surface area contributed by atoms with Gasteiger partial charge in [0.25, 0.3) is 0 Å². The lowest BCUT2D eigenvalue weighted by molar-refractivity contribution is -0.159. The van der Waals surface area contributed by atoms with Crippen LogP contribution in [0.4, 0.5) is 16.2 Å². The number of nitrogens with zero attached hydrogens (tertiary/aromatic N) is 2. The third kappa shape index (κ3) is 3.65. The summed E-state index contributed by atoms with van der Waals surface area (Å²) in [5.41, 5.74) is 2.86. The average Bonchev–Trinajstić information content (AvgIpc) is 3.27. The highest BCUT2D eigenvalue weighted by Gasteiger charge is 2.48. The van der Waals surface area contributed by atoms with Gasteiger partial charge >= 0.3 is 6.03 Å². The number of ether oxygens (including phenoxy) is 2. The highest BCUT2D eigenvalue weighted by atomic mass is 16.6. The van der Waals surface area contributed by atoms with E-state index in [0.717, 1.165) is 30.8 Å². The van der Waals surface area contributed by atoms with Crippen molar-refractivity contribution in [2.75, 3.05) is 43.0 Å². The zero-order valence-corrected chi connectivity index (χ0v) is 16.7. The van der Waals surface area contributed by atoms with Crippen LogP contribution in [0.2, 0.25) is 0 Å². The summed E-state index contributed by atoms with van der Waals surface area (Å²) >= 11 is 0. The molecule has 148 valence electrons. The SMILES string of the molecule is Cc1cc(N2CCCC2)ccc1NC(=O)N1CC(C)OC2(CCOC2C)C1. The number of urea groups is 1. The third-order valence-electron chi connectivity index (χ3n) is 6.22. The van der Waals surface area contributed by atoms with E-state index in [1.165, 1.54) is 18.5 Å². The van der Waals surface area contributed by atoms with Crippen molar-refractivity contribution in [2.45, 2.75) is 57.8 Å². The lowest BCUT2D eigenvalue weighted by Gasteiger charge is -2.45. The van der Waals surface area contributed by atoms with Crippen LogP contribution in [-0.4, -0.2) is 61.5 Å². The Hall–Kier alpha value is -1.79. The summed E-state index contributed by atoms with van der Waals surface area (Å²) in [4.78, 5) is 17.3. The Kier molecular flexibility index (Phi) is 5.03. The molecule has 0 radical (unpaired) electrons. The molecule has 3 heterocycles. The van der Waals surface area contributed by atoms with Crippen LogP contribution in [-0.2, 0) is 9.47 Å². The maximum atomic E-state index is 13.0. The first-order valence-corrected chi connectivity index (χ1v) is 10.2. The lowest BCUT2D eigenvalue weighted by Crippen LogP contribution is -2.60. The molecule has 0 bridgehead atoms. The summed E-state index contributed by atoms with van der Waals surface area (Å²) in [7, 11) is 0. The molecule has 0 aliphatic carbocycles. The van der Waals surface area contributed by atoms with Crippen LogP contribution < -0.4 is 10.2 Å². The Labute approximate surface area is 161 Å². The number of aryl methyl sites for hydroxylation is 1. The van der Waals surface area contributed by atoms with Crippen LogP contribution in [0, 0.1) is 6.92 Å². The minimum Gasteiger partial charge on any atom is -0.375 e. The van der Waals surface area contributed by atoms with E-state index in [0.29, 0.717) is 19.7 Å². The number of carbonyl (C=O) groups excluding carboxylic acids is 1. The second-order valence-corrected chi connectivity index (χ2v) is 8.26. The van der Waals surface area contributed by atoms with E-state index in [2.05, 4.69) is 29.3 Å². The number of hydrogen-bond donors (Lipinski definition) is 1. The molecule has 3 fully saturated rings. The highest BCUT2D eigenvalue weighted by molar-refractivity contribution is 5.90. The fraction of sp³-hybridized carbons (Fsp3) is 0.667. The van der Waals surface area contributed by atoms with E-state index in [1.807, 2.05) is 24.8 Å². The highest BCUT2D eigenvalue weighted by Crippen LogP contribution is 2.35. The van der Waals surface area contributed by atoms with Gasteiger partial charge in [-0.1, -0.05) is 0 Å². The van der Waals surface area contributed by atoms with E-state index in [9.17, 15) is 4.79 Å². The molecule has 1 N–H and O–H groups in total. The summed E-state index contributed by atoms with van der Waals surface area (Å²) in [5, 5.41) is 3.11. The predicted octanol–water partition coefficient (Wildman–Crippen LogP) is 3.40. The molecular weight excluding hydrogens is 342 g/mol. The van der Waals surface area contributed by atoms with E-state index in [-0.39, 0.29) is 23.8 Å². The maximum absolute atomic E-state index is 13.0. The van der Waals surface area contributed by atoms with Crippen LogP contribution in [0.25, 0.3) is 0 Å². The Morgan fingerprint density at radius 3 is 2.70 bits per heavy atom. The van der Waals surface area contributed by atoms with Crippen molar-refractivity contribution in [1.82, 2.24) is 4.90 Å². The zero-order valence-electron chi connectivity index (χ0n) is 16.7. The maximum Gasteiger partial charge on any atom is 0.322 e. The normalized spacial score (nSPS) is 30.9. The zero-order chi connectivity index (χ0) is 19.0. The van der Waals surface area contributed by atoms with Crippen molar-refractivity contribution in [1.29, 1.82) is 0 Å². The van der Waals surface area contributed by atoms with Gasteiger partial charge in [0.05, 0.1) is 18.8 Å². The number of nitrogens with one attached hydrogen (secondary N) is 1. The Morgan fingerprint density at radius 1 is 1.26 bits per heavy atom. The molecule has 3 unspecified atom stereocenters. The first kappa shape index (κ1) is 18.6. The molecule has 2 amide bonds. The van der Waals surface area contributed by atoms with Gasteiger partial charge in [-0.3, -0.25) is 0 Å². The average molecular weight is 373 g/mol. The van der Waals surface area contributed by atoms with E-state index >= 15 is 0 Å². The van der Waals surface area contributed by atoms with Crippen molar-refractivity contribution in [3.8, 4) is 0 Å². The van der Waals surface area contributed by atoms with Crippen LogP contribution in [0.1, 0.15) is 38.7 Å². The number of anilines is 2. The van der Waals surface area contributed by atoms with Gasteiger partial charge in [-0.05, 0) is 57.4 Å². The summed E-state index contributed by atoms with van der Waals surface area (Å²) in [5.74, 6) is 0. The third-order valence-corrected chi connectivity index (χ3v) is 6.22. The van der Waals surface area contributed by atoms with Gasteiger partial charge < -0.3 is 24.6 Å². The Balaban J connectivity index is 1.45. The largest absolute Gasteiger partial charge is 0.375 e. The summed E-state index contributed by atoms with van der Waals surface area (Å²) < 4.78 is 12.0. The molecule has 0 saturated carbocycles. The number of benzene rings is 1. The molecule has 3 aliphatic rings. The molecule has 4 rings (SSSR count). The molecule has 3 saturated heterocycles. The van der Waals surface area contributed by atoms with Crippen molar-refractivity contribution >= 4 is 17.4 Å². The van der Waals surface area contributed by atoms with Gasteiger partial charge in [0.15, 0.2) is 0 Å². The fourth-order valence-electron chi connectivity index (χ4n) is 4.61. The molecule has 0 aromatic heterocycles. The van der Waals surface area contributed by atoms with E-state index < -0.39 is 0 Å². The molecule has 6 nitrogen and oxygen atoms in total. The fourth-order valence-corrected chi connectivity index (χ4v) is 4.61. The van der Waals surface area contributed by atoms with Crippen molar-refractivity contribution in [3.63, 3.8) is 0 Å². The quantitative estimate of drug-likeness (QED) is 0.863. The monoisotopic (exact) mass is 373 g/mol. The van der Waals surface area contributed by atoms with Gasteiger partial charge in [0.1, 0.15) is 5.60 Å². The lowest BCUT2D eigenvalue weighted by atomic mass is 9.93. The van der Waals surface area contributed by atoms with Gasteiger partial charge in [0, 0.05) is 44.0 Å². The van der Waals surface area contributed by atoms with Gasteiger partial charge in [0.2, 0.25) is 0 Å². The van der Waals surface area contributed by atoms with E-state index in [4.69, 9.17) is 9.47 Å². The minimum atomic E-state index is -0.371. The number of carbonyl (C=O) groups is 1. The van der Waals surface area contributed by atoms with Crippen LogP contribution >= 0.6 is 0 Å². The van der Waals surface area contributed by atoms with Gasteiger partial charge in [-0.25, -0.2) is 4.79 Å². The van der Waals surface area contributed by atoms with Crippen molar-refractivity contribution in [3.05, 3.63) is 23.8 Å². The number of morpholine rings is 1. The van der Waals surface area contributed by atoms with Crippen LogP contribution in [0.5, 0.6) is 0 Å². The Bertz CT molecular complexity index is 704. The van der Waals surface area contributed by atoms with Crippen LogP contribution in [0.15, 0.2) is 18.2 Å². The minimum absolute atomic E-state index is 0.00675. The molecule has 1 spiro atoms. The van der Waals surface area contributed by atoms with Crippen molar-refractivity contribution in [2.24, 2.45) is 0 Å². The molecule has 1 aromatic rings. The molecule has 3 aliphatic heterocycles. The molecule has 1 aromatic carbocycles. The second-order valence-electron chi connectivity index (χ2n) is 8.26. The second kappa shape index (κ2) is 7.32. The van der Waals surface area contributed by atoms with Gasteiger partial charge in [-0.15, -0.1) is 0 Å².